The average molecular weight is 507 g/mol. The number of esters is 1. The second kappa shape index (κ2) is 10.3. The molecular weight excluding hydrogens is 480 g/mol. The molecule has 0 fully saturated rings. The van der Waals surface area contributed by atoms with Crippen molar-refractivity contribution >= 4 is 51.6 Å². The first-order valence-corrected chi connectivity index (χ1v) is 13.5. The third-order valence-electron chi connectivity index (χ3n) is 6.21. The molecule has 0 bridgehead atoms. The van der Waals surface area contributed by atoms with Crippen molar-refractivity contribution in [3.8, 4) is 0 Å². The normalized spacial score (nSPS) is 16.9. The van der Waals surface area contributed by atoms with Crippen LogP contribution in [0.4, 0.5) is 10.7 Å². The van der Waals surface area contributed by atoms with Crippen LogP contribution in [0.2, 0.25) is 0 Å². The van der Waals surface area contributed by atoms with E-state index < -0.39 is 5.97 Å². The van der Waals surface area contributed by atoms with Crippen LogP contribution in [0.25, 0.3) is 0 Å². The SMILES string of the molecule is CCOC(=O)c1c(NC(=O)CN2C(=O)C[C@@H](c3ccccc3)Sc3ccccc32)sc2c1CCC2. The minimum Gasteiger partial charge on any atom is -0.462 e. The molecule has 0 unspecified atom stereocenters. The highest BCUT2D eigenvalue weighted by Gasteiger charge is 2.32. The maximum atomic E-state index is 13.4. The molecule has 1 aliphatic carbocycles. The molecule has 5 rings (SSSR count). The van der Waals surface area contributed by atoms with Crippen LogP contribution in [-0.4, -0.2) is 30.9 Å². The van der Waals surface area contributed by atoms with Gasteiger partial charge in [-0.1, -0.05) is 42.5 Å². The summed E-state index contributed by atoms with van der Waals surface area (Å²) in [5, 5.41) is 3.40. The van der Waals surface area contributed by atoms with Gasteiger partial charge in [-0.3, -0.25) is 9.59 Å². The van der Waals surface area contributed by atoms with Crippen LogP contribution in [0.1, 0.15) is 51.4 Å². The van der Waals surface area contributed by atoms with Crippen LogP contribution in [0.15, 0.2) is 59.5 Å². The number of thioether (sulfide) groups is 1. The molecule has 1 atom stereocenters. The summed E-state index contributed by atoms with van der Waals surface area (Å²) in [5.74, 6) is -0.840. The second-order valence-electron chi connectivity index (χ2n) is 8.50. The number of nitrogens with one attached hydrogen (secondary N) is 1. The van der Waals surface area contributed by atoms with Gasteiger partial charge in [0.05, 0.1) is 17.9 Å². The van der Waals surface area contributed by atoms with Crippen molar-refractivity contribution in [3.63, 3.8) is 0 Å². The van der Waals surface area contributed by atoms with Gasteiger partial charge in [0.25, 0.3) is 0 Å². The molecule has 35 heavy (non-hydrogen) atoms. The van der Waals surface area contributed by atoms with Crippen molar-refractivity contribution in [1.82, 2.24) is 0 Å². The summed E-state index contributed by atoms with van der Waals surface area (Å²) < 4.78 is 5.27. The Balaban J connectivity index is 1.39. The van der Waals surface area contributed by atoms with E-state index in [0.29, 0.717) is 10.6 Å². The van der Waals surface area contributed by atoms with Crippen molar-refractivity contribution in [2.75, 3.05) is 23.4 Å². The maximum Gasteiger partial charge on any atom is 0.341 e. The second-order valence-corrected chi connectivity index (χ2v) is 10.8. The van der Waals surface area contributed by atoms with Gasteiger partial charge in [0.2, 0.25) is 11.8 Å². The summed E-state index contributed by atoms with van der Waals surface area (Å²) in [7, 11) is 0. The van der Waals surface area contributed by atoms with E-state index in [-0.39, 0.29) is 36.6 Å². The van der Waals surface area contributed by atoms with Crippen molar-refractivity contribution in [1.29, 1.82) is 0 Å². The van der Waals surface area contributed by atoms with Gasteiger partial charge < -0.3 is 15.0 Å². The molecule has 2 heterocycles. The Kier molecular flexibility index (Phi) is 6.92. The molecule has 2 amide bonds. The predicted octanol–water partition coefficient (Wildman–Crippen LogP) is 5.62. The molecule has 1 aromatic heterocycles. The van der Waals surface area contributed by atoms with Gasteiger partial charge >= 0.3 is 5.97 Å². The van der Waals surface area contributed by atoms with Gasteiger partial charge in [0.1, 0.15) is 11.5 Å². The first-order chi connectivity index (χ1) is 17.0. The molecule has 0 spiro atoms. The molecule has 0 radical (unpaired) electrons. The van der Waals surface area contributed by atoms with Gasteiger partial charge in [0.15, 0.2) is 0 Å². The minimum atomic E-state index is -0.402. The molecule has 1 aliphatic heterocycles. The van der Waals surface area contributed by atoms with Gasteiger partial charge in [0, 0.05) is 21.4 Å². The number of nitrogens with zero attached hydrogens (tertiary/aromatic N) is 1. The number of carbonyl (C=O) groups excluding carboxylic acids is 3. The number of fused-ring (bicyclic) bond motifs is 2. The van der Waals surface area contributed by atoms with Crippen LogP contribution < -0.4 is 10.2 Å². The molecule has 2 aliphatic rings. The van der Waals surface area contributed by atoms with Crippen molar-refractivity contribution < 1.29 is 19.1 Å². The Labute approximate surface area is 212 Å². The summed E-state index contributed by atoms with van der Waals surface area (Å²) in [6.45, 7) is 1.92. The van der Waals surface area contributed by atoms with Gasteiger partial charge in [-0.25, -0.2) is 4.79 Å². The molecular formula is C27H26N2O4S2. The summed E-state index contributed by atoms with van der Waals surface area (Å²) in [4.78, 5) is 42.9. The largest absolute Gasteiger partial charge is 0.462 e. The number of para-hydroxylation sites is 1. The number of anilines is 2. The fourth-order valence-corrected chi connectivity index (χ4v) is 7.20. The molecule has 1 N–H and O–H groups in total. The van der Waals surface area contributed by atoms with E-state index >= 15 is 0 Å². The minimum absolute atomic E-state index is 0.0337. The van der Waals surface area contributed by atoms with E-state index in [1.165, 1.54) is 11.3 Å². The zero-order chi connectivity index (χ0) is 24.4. The summed E-state index contributed by atoms with van der Waals surface area (Å²) in [5.41, 5.74) is 3.27. The lowest BCUT2D eigenvalue weighted by molar-refractivity contribution is -0.121. The average Bonchev–Trinajstić information content (AvgIpc) is 3.40. The van der Waals surface area contributed by atoms with Gasteiger partial charge in [-0.2, -0.15) is 0 Å². The molecule has 8 heteroatoms. The van der Waals surface area contributed by atoms with E-state index in [9.17, 15) is 14.4 Å². The maximum absolute atomic E-state index is 13.4. The van der Waals surface area contributed by atoms with Gasteiger partial charge in [-0.05, 0) is 49.4 Å². The lowest BCUT2D eigenvalue weighted by Crippen LogP contribution is -2.38. The lowest BCUT2D eigenvalue weighted by Gasteiger charge is -2.22. The zero-order valence-corrected chi connectivity index (χ0v) is 21.0. The molecule has 2 aromatic carbocycles. The Bertz CT molecular complexity index is 1270. The van der Waals surface area contributed by atoms with E-state index in [1.807, 2.05) is 54.6 Å². The van der Waals surface area contributed by atoms with Crippen LogP contribution in [0.5, 0.6) is 0 Å². The molecule has 180 valence electrons. The first kappa shape index (κ1) is 23.6. The van der Waals surface area contributed by atoms with Crippen LogP contribution >= 0.6 is 23.1 Å². The number of hydrogen-bond acceptors (Lipinski definition) is 6. The van der Waals surface area contributed by atoms with Crippen molar-refractivity contribution in [2.24, 2.45) is 0 Å². The Morgan fingerprint density at radius 3 is 2.66 bits per heavy atom. The lowest BCUT2D eigenvalue weighted by atomic mass is 10.1. The summed E-state index contributed by atoms with van der Waals surface area (Å²) >= 11 is 3.08. The Morgan fingerprint density at radius 2 is 1.86 bits per heavy atom. The predicted molar refractivity (Wildman–Crippen MR) is 139 cm³/mol. The van der Waals surface area contributed by atoms with E-state index in [2.05, 4.69) is 5.32 Å². The topological polar surface area (TPSA) is 75.7 Å². The molecule has 3 aromatic rings. The fraction of sp³-hybridized carbons (Fsp3) is 0.296. The van der Waals surface area contributed by atoms with Crippen LogP contribution in [0.3, 0.4) is 0 Å². The first-order valence-electron chi connectivity index (χ1n) is 11.8. The number of rotatable bonds is 6. The Morgan fingerprint density at radius 1 is 1.09 bits per heavy atom. The number of aryl methyl sites for hydroxylation is 1. The standard InChI is InChI=1S/C27H26N2O4S2/c1-2-33-27(32)25-18-11-8-14-20(18)35-26(25)28-23(30)16-29-19-12-6-7-13-21(19)34-22(15-24(29)31)17-9-4-3-5-10-17/h3-7,9-10,12-13,22H,2,8,11,14-16H2,1H3,(H,28,30)/t22-/m0/s1. The van der Waals surface area contributed by atoms with E-state index in [1.54, 1.807) is 23.6 Å². The number of carbonyl (C=O) groups is 3. The highest BCUT2D eigenvalue weighted by Crippen LogP contribution is 2.45. The van der Waals surface area contributed by atoms with Gasteiger partial charge in [-0.15, -0.1) is 23.1 Å². The van der Waals surface area contributed by atoms with E-state index in [4.69, 9.17) is 4.74 Å². The monoisotopic (exact) mass is 506 g/mol. The number of thiophene rings is 1. The van der Waals surface area contributed by atoms with Crippen molar-refractivity contribution in [3.05, 3.63) is 76.2 Å². The van der Waals surface area contributed by atoms with Crippen molar-refractivity contribution in [2.45, 2.75) is 42.8 Å². The third-order valence-corrected chi connectivity index (χ3v) is 8.74. The highest BCUT2D eigenvalue weighted by molar-refractivity contribution is 7.99. The third kappa shape index (κ3) is 4.86. The molecule has 0 saturated carbocycles. The zero-order valence-electron chi connectivity index (χ0n) is 19.4. The Hall–Kier alpha value is -3.10. The smallest absolute Gasteiger partial charge is 0.341 e. The number of amides is 2. The number of ether oxygens (including phenoxy) is 1. The molecule has 0 saturated heterocycles. The summed E-state index contributed by atoms with van der Waals surface area (Å²) in [6.07, 6.45) is 3.00. The quantitative estimate of drug-likeness (QED) is 0.439. The number of benzene rings is 2. The number of hydrogen-bond donors (Lipinski definition) is 1. The molecule has 6 nitrogen and oxygen atoms in total. The highest BCUT2D eigenvalue weighted by atomic mass is 32.2. The van der Waals surface area contributed by atoms with Crippen LogP contribution in [0, 0.1) is 0 Å². The van der Waals surface area contributed by atoms with E-state index in [0.717, 1.165) is 45.8 Å². The fourth-order valence-electron chi connectivity index (χ4n) is 4.63. The summed E-state index contributed by atoms with van der Waals surface area (Å²) in [6, 6.07) is 17.7. The van der Waals surface area contributed by atoms with Crippen LogP contribution in [-0.2, 0) is 27.2 Å².